The Bertz CT molecular complexity index is 834. The summed E-state index contributed by atoms with van der Waals surface area (Å²) in [6.45, 7) is 8.59. The number of anilines is 1. The van der Waals surface area contributed by atoms with Crippen LogP contribution in [0.1, 0.15) is 44.2 Å². The van der Waals surface area contributed by atoms with Crippen LogP contribution in [0.5, 0.6) is 0 Å². The maximum absolute atomic E-state index is 13.1. The van der Waals surface area contributed by atoms with E-state index >= 15 is 0 Å². The third-order valence-corrected chi connectivity index (χ3v) is 6.45. The largest absolute Gasteiger partial charge is 0.381 e. The van der Waals surface area contributed by atoms with E-state index in [4.69, 9.17) is 4.74 Å². The monoisotopic (exact) mass is 363 g/mol. The zero-order valence-corrected chi connectivity index (χ0v) is 16.6. The second-order valence-electron chi connectivity index (χ2n) is 8.22. The molecule has 4 rings (SSSR count). The van der Waals surface area contributed by atoms with Crippen LogP contribution in [0.15, 0.2) is 42.5 Å². The smallest absolute Gasteiger partial charge is 0.229 e. The third kappa shape index (κ3) is 3.19. The van der Waals surface area contributed by atoms with E-state index in [1.54, 1.807) is 0 Å². The molecule has 0 N–H and O–H groups in total. The van der Waals surface area contributed by atoms with Crippen LogP contribution in [0, 0.1) is 12.8 Å². The summed E-state index contributed by atoms with van der Waals surface area (Å²) in [5.74, 6) is 0.315. The van der Waals surface area contributed by atoms with E-state index < -0.39 is 0 Å². The zero-order valence-electron chi connectivity index (χ0n) is 16.6. The van der Waals surface area contributed by atoms with Gasteiger partial charge in [0, 0.05) is 36.8 Å². The SMILES string of the molecule is CC[C@@H](C)C(=O)N1CC2(CCOCC2)c2cc(-c3ccc(C)cc3)ccc21. The van der Waals surface area contributed by atoms with Gasteiger partial charge in [-0.2, -0.15) is 0 Å². The first-order valence-corrected chi connectivity index (χ1v) is 10.1. The lowest BCUT2D eigenvalue weighted by Crippen LogP contribution is -2.42. The molecule has 0 saturated carbocycles. The van der Waals surface area contributed by atoms with Crippen molar-refractivity contribution in [3.05, 3.63) is 53.6 Å². The molecule has 1 fully saturated rings. The van der Waals surface area contributed by atoms with Crippen LogP contribution >= 0.6 is 0 Å². The van der Waals surface area contributed by atoms with Crippen LogP contribution in [0.3, 0.4) is 0 Å². The van der Waals surface area contributed by atoms with Crippen LogP contribution in [-0.2, 0) is 14.9 Å². The Morgan fingerprint density at radius 1 is 1.11 bits per heavy atom. The molecular formula is C24H29NO2. The number of carbonyl (C=O) groups excluding carboxylic acids is 1. The lowest BCUT2D eigenvalue weighted by molar-refractivity contribution is -0.122. The Morgan fingerprint density at radius 3 is 2.44 bits per heavy atom. The normalized spacial score (nSPS) is 19.1. The number of nitrogens with zero attached hydrogens (tertiary/aromatic N) is 1. The second-order valence-corrected chi connectivity index (χ2v) is 8.22. The summed E-state index contributed by atoms with van der Waals surface area (Å²) in [5.41, 5.74) is 6.22. The molecule has 1 amide bonds. The molecule has 2 heterocycles. The second kappa shape index (κ2) is 7.12. The molecule has 2 aromatic carbocycles. The van der Waals surface area contributed by atoms with Gasteiger partial charge < -0.3 is 9.64 Å². The Kier molecular flexibility index (Phi) is 4.81. The Labute approximate surface area is 162 Å². The number of rotatable bonds is 3. The van der Waals surface area contributed by atoms with Crippen LogP contribution in [-0.4, -0.2) is 25.7 Å². The number of carbonyl (C=O) groups is 1. The van der Waals surface area contributed by atoms with Crippen molar-refractivity contribution in [2.24, 2.45) is 5.92 Å². The number of benzene rings is 2. The molecule has 2 aromatic rings. The minimum Gasteiger partial charge on any atom is -0.381 e. The van der Waals surface area contributed by atoms with Crippen molar-refractivity contribution in [2.75, 3.05) is 24.7 Å². The van der Waals surface area contributed by atoms with E-state index in [1.807, 2.05) is 11.8 Å². The quantitative estimate of drug-likeness (QED) is 0.759. The summed E-state index contributed by atoms with van der Waals surface area (Å²) < 4.78 is 5.66. The van der Waals surface area contributed by atoms with E-state index in [0.717, 1.165) is 44.7 Å². The van der Waals surface area contributed by atoms with Gasteiger partial charge in [0.2, 0.25) is 5.91 Å². The molecule has 2 aliphatic rings. The van der Waals surface area contributed by atoms with Crippen molar-refractivity contribution in [1.82, 2.24) is 0 Å². The molecule has 2 aliphatic heterocycles. The Hall–Kier alpha value is -2.13. The van der Waals surface area contributed by atoms with E-state index in [0.29, 0.717) is 0 Å². The summed E-state index contributed by atoms with van der Waals surface area (Å²) in [6.07, 6.45) is 2.85. The topological polar surface area (TPSA) is 29.5 Å². The van der Waals surface area contributed by atoms with E-state index in [9.17, 15) is 4.79 Å². The molecule has 3 heteroatoms. The van der Waals surface area contributed by atoms with Crippen molar-refractivity contribution < 1.29 is 9.53 Å². The minimum atomic E-state index is 0.0391. The molecule has 0 aromatic heterocycles. The van der Waals surface area contributed by atoms with Gasteiger partial charge in [-0.25, -0.2) is 0 Å². The van der Waals surface area contributed by atoms with Gasteiger partial charge in [0.05, 0.1) is 0 Å². The van der Waals surface area contributed by atoms with Gasteiger partial charge in [0.1, 0.15) is 0 Å². The zero-order chi connectivity index (χ0) is 19.0. The van der Waals surface area contributed by atoms with Crippen molar-refractivity contribution in [2.45, 2.75) is 45.4 Å². The number of amides is 1. The average Bonchev–Trinajstić information content (AvgIpc) is 3.01. The van der Waals surface area contributed by atoms with Crippen LogP contribution in [0.2, 0.25) is 0 Å². The lowest BCUT2D eigenvalue weighted by Gasteiger charge is -2.34. The minimum absolute atomic E-state index is 0.0391. The number of fused-ring (bicyclic) bond motifs is 2. The van der Waals surface area contributed by atoms with Gasteiger partial charge in [-0.05, 0) is 55.0 Å². The highest BCUT2D eigenvalue weighted by molar-refractivity contribution is 5.98. The predicted octanol–water partition coefficient (Wildman–Crippen LogP) is 5.10. The van der Waals surface area contributed by atoms with E-state index in [2.05, 4.69) is 56.3 Å². The molecule has 0 radical (unpaired) electrons. The summed E-state index contributed by atoms with van der Waals surface area (Å²) in [6, 6.07) is 15.3. The molecule has 0 unspecified atom stereocenters. The van der Waals surface area contributed by atoms with Gasteiger partial charge in [0.25, 0.3) is 0 Å². The van der Waals surface area contributed by atoms with Gasteiger partial charge in [-0.3, -0.25) is 4.79 Å². The summed E-state index contributed by atoms with van der Waals surface area (Å²) >= 11 is 0. The average molecular weight is 364 g/mol. The first kappa shape index (κ1) is 18.2. The number of ether oxygens (including phenoxy) is 1. The number of hydrogen-bond acceptors (Lipinski definition) is 2. The third-order valence-electron chi connectivity index (χ3n) is 6.45. The first-order valence-electron chi connectivity index (χ1n) is 10.1. The summed E-state index contributed by atoms with van der Waals surface area (Å²) in [7, 11) is 0. The number of hydrogen-bond donors (Lipinski definition) is 0. The predicted molar refractivity (Wildman–Crippen MR) is 110 cm³/mol. The summed E-state index contributed by atoms with van der Waals surface area (Å²) in [4.78, 5) is 15.1. The fourth-order valence-electron chi connectivity index (χ4n) is 4.42. The molecule has 1 spiro atoms. The maximum atomic E-state index is 13.1. The van der Waals surface area contributed by atoms with E-state index in [-0.39, 0.29) is 17.2 Å². The van der Waals surface area contributed by atoms with Crippen molar-refractivity contribution in [3.63, 3.8) is 0 Å². The van der Waals surface area contributed by atoms with Gasteiger partial charge in [0.15, 0.2) is 0 Å². The van der Waals surface area contributed by atoms with Crippen molar-refractivity contribution in [1.29, 1.82) is 0 Å². The fraction of sp³-hybridized carbons (Fsp3) is 0.458. The fourth-order valence-corrected chi connectivity index (χ4v) is 4.42. The number of aryl methyl sites for hydroxylation is 1. The van der Waals surface area contributed by atoms with Gasteiger partial charge in [-0.1, -0.05) is 49.7 Å². The van der Waals surface area contributed by atoms with Crippen LogP contribution in [0.25, 0.3) is 11.1 Å². The molecule has 0 bridgehead atoms. The van der Waals surface area contributed by atoms with Gasteiger partial charge in [-0.15, -0.1) is 0 Å². The highest BCUT2D eigenvalue weighted by Gasteiger charge is 2.46. The van der Waals surface area contributed by atoms with E-state index in [1.165, 1.54) is 22.3 Å². The lowest BCUT2D eigenvalue weighted by atomic mass is 9.75. The standard InChI is InChI=1S/C24H29NO2/c1-4-18(3)23(26)25-16-24(11-13-27-14-12-24)21-15-20(9-10-22(21)25)19-7-5-17(2)6-8-19/h5-10,15,18H,4,11-14,16H2,1-3H3/t18-/m1/s1. The van der Waals surface area contributed by atoms with Crippen molar-refractivity contribution in [3.8, 4) is 11.1 Å². The molecule has 0 aliphatic carbocycles. The maximum Gasteiger partial charge on any atom is 0.229 e. The molecule has 3 nitrogen and oxygen atoms in total. The van der Waals surface area contributed by atoms with Crippen LogP contribution < -0.4 is 4.90 Å². The highest BCUT2D eigenvalue weighted by atomic mass is 16.5. The van der Waals surface area contributed by atoms with Gasteiger partial charge >= 0.3 is 0 Å². The summed E-state index contributed by atoms with van der Waals surface area (Å²) in [5, 5.41) is 0. The molecule has 142 valence electrons. The Balaban J connectivity index is 1.78. The molecule has 1 saturated heterocycles. The first-order chi connectivity index (χ1) is 13.0. The van der Waals surface area contributed by atoms with Crippen LogP contribution in [0.4, 0.5) is 5.69 Å². The molecule has 1 atom stereocenters. The molecule has 27 heavy (non-hydrogen) atoms. The van der Waals surface area contributed by atoms with Crippen molar-refractivity contribution >= 4 is 11.6 Å². The highest BCUT2D eigenvalue weighted by Crippen LogP contribution is 2.48. The molecular weight excluding hydrogens is 334 g/mol. The Morgan fingerprint density at radius 2 is 1.78 bits per heavy atom.